The molecule has 0 unspecified atom stereocenters. The summed E-state index contributed by atoms with van der Waals surface area (Å²) in [6.07, 6.45) is 1.60. The number of para-hydroxylation sites is 1. The van der Waals surface area contributed by atoms with E-state index in [1.54, 1.807) is 30.3 Å². The van der Waals surface area contributed by atoms with Gasteiger partial charge in [0.2, 0.25) is 0 Å². The minimum Gasteiger partial charge on any atom is -0.478 e. The van der Waals surface area contributed by atoms with Crippen LogP contribution in [0.5, 0.6) is 5.75 Å². The molecule has 0 N–H and O–H groups in total. The van der Waals surface area contributed by atoms with Crippen LogP contribution in [-0.4, -0.2) is 29.7 Å². The Morgan fingerprint density at radius 1 is 1.42 bits per heavy atom. The molecule has 19 heavy (non-hydrogen) atoms. The van der Waals surface area contributed by atoms with Crippen molar-refractivity contribution in [2.75, 3.05) is 13.7 Å². The van der Waals surface area contributed by atoms with Crippen molar-refractivity contribution in [1.29, 1.82) is 5.26 Å². The number of nitriles is 1. The Labute approximate surface area is 114 Å². The molecule has 2 amide bonds. The summed E-state index contributed by atoms with van der Waals surface area (Å²) in [5.41, 5.74) is 0.664. The van der Waals surface area contributed by atoms with Gasteiger partial charge < -0.3 is 4.74 Å². The Morgan fingerprint density at radius 3 is 2.79 bits per heavy atom. The van der Waals surface area contributed by atoms with Crippen molar-refractivity contribution in [3.05, 3.63) is 34.7 Å². The second kappa shape index (κ2) is 5.59. The summed E-state index contributed by atoms with van der Waals surface area (Å²) in [6.45, 7) is -0.0693. The predicted octanol–water partition coefficient (Wildman–Crippen LogP) is 2.26. The molecule has 1 aromatic rings. The standard InChI is InChI=1S/C13H10N2O3S/c1-15-12(16)11(19-13(15)17)8-9-4-2-3-5-10(9)18-7-6-14/h2-5,8H,7H2,1H3/b11-8-. The fraction of sp³-hybridized carbons (Fsp3) is 0.154. The Hall–Kier alpha value is -2.26. The Kier molecular flexibility index (Phi) is 3.88. The van der Waals surface area contributed by atoms with Gasteiger partial charge in [0.05, 0.1) is 4.91 Å². The quantitative estimate of drug-likeness (QED) is 0.791. The van der Waals surface area contributed by atoms with E-state index in [9.17, 15) is 9.59 Å². The van der Waals surface area contributed by atoms with E-state index in [4.69, 9.17) is 10.00 Å². The zero-order valence-electron chi connectivity index (χ0n) is 10.1. The molecule has 1 aliphatic rings. The molecular formula is C13H10N2O3S. The van der Waals surface area contributed by atoms with Crippen molar-refractivity contribution < 1.29 is 14.3 Å². The highest BCUT2D eigenvalue weighted by Crippen LogP contribution is 2.32. The summed E-state index contributed by atoms with van der Waals surface area (Å²) in [5, 5.41) is 8.21. The van der Waals surface area contributed by atoms with E-state index in [-0.39, 0.29) is 17.8 Å². The van der Waals surface area contributed by atoms with Crippen molar-refractivity contribution in [3.8, 4) is 11.8 Å². The van der Waals surface area contributed by atoms with Crippen LogP contribution in [0.25, 0.3) is 6.08 Å². The van der Waals surface area contributed by atoms with Gasteiger partial charge in [-0.3, -0.25) is 14.5 Å². The molecule has 0 aromatic heterocycles. The smallest absolute Gasteiger partial charge is 0.293 e. The van der Waals surface area contributed by atoms with E-state index in [0.717, 1.165) is 16.7 Å². The molecule has 0 radical (unpaired) electrons. The number of rotatable bonds is 3. The molecule has 1 fully saturated rings. The maximum atomic E-state index is 11.8. The van der Waals surface area contributed by atoms with Crippen molar-refractivity contribution in [3.63, 3.8) is 0 Å². The van der Waals surface area contributed by atoms with Gasteiger partial charge in [-0.15, -0.1) is 0 Å². The molecule has 1 heterocycles. The van der Waals surface area contributed by atoms with Crippen LogP contribution in [0.15, 0.2) is 29.2 Å². The van der Waals surface area contributed by atoms with Crippen molar-refractivity contribution >= 4 is 29.0 Å². The molecule has 0 spiro atoms. The molecule has 5 nitrogen and oxygen atoms in total. The van der Waals surface area contributed by atoms with Crippen LogP contribution in [-0.2, 0) is 4.79 Å². The lowest BCUT2D eigenvalue weighted by atomic mass is 10.2. The van der Waals surface area contributed by atoms with Crippen LogP contribution >= 0.6 is 11.8 Å². The Morgan fingerprint density at radius 2 is 2.16 bits per heavy atom. The Balaban J connectivity index is 2.31. The number of likely N-dealkylation sites (N-methyl/N-ethyl adjacent to an activating group) is 1. The predicted molar refractivity (Wildman–Crippen MR) is 71.3 cm³/mol. The molecule has 6 heteroatoms. The van der Waals surface area contributed by atoms with Gasteiger partial charge in [0.25, 0.3) is 11.1 Å². The summed E-state index contributed by atoms with van der Waals surface area (Å²) in [6, 6.07) is 8.92. The van der Waals surface area contributed by atoms with Crippen molar-refractivity contribution in [2.24, 2.45) is 0 Å². The number of thioether (sulfide) groups is 1. The number of carbonyl (C=O) groups is 2. The topological polar surface area (TPSA) is 70.4 Å². The van der Waals surface area contributed by atoms with Gasteiger partial charge in [0.15, 0.2) is 6.61 Å². The maximum absolute atomic E-state index is 11.8. The number of benzene rings is 1. The average Bonchev–Trinajstić information content (AvgIpc) is 2.65. The van der Waals surface area contributed by atoms with Crippen LogP contribution in [0.3, 0.4) is 0 Å². The monoisotopic (exact) mass is 274 g/mol. The fourth-order valence-electron chi connectivity index (χ4n) is 1.53. The van der Waals surface area contributed by atoms with E-state index in [2.05, 4.69) is 0 Å². The number of hydrogen-bond donors (Lipinski definition) is 0. The van der Waals surface area contributed by atoms with Crippen molar-refractivity contribution in [2.45, 2.75) is 0 Å². The van der Waals surface area contributed by atoms with Gasteiger partial charge in [-0.05, 0) is 23.9 Å². The normalized spacial score (nSPS) is 16.8. The molecular weight excluding hydrogens is 264 g/mol. The first-order chi connectivity index (χ1) is 9.13. The molecule has 1 aliphatic heterocycles. The minimum atomic E-state index is -0.329. The largest absolute Gasteiger partial charge is 0.478 e. The fourth-order valence-corrected chi connectivity index (χ4v) is 2.35. The van der Waals surface area contributed by atoms with Crippen LogP contribution in [0, 0.1) is 11.3 Å². The number of nitrogens with zero attached hydrogens (tertiary/aromatic N) is 2. The lowest BCUT2D eigenvalue weighted by molar-refractivity contribution is -0.121. The number of carbonyl (C=O) groups excluding carboxylic acids is 2. The van der Waals surface area contributed by atoms with Crippen LogP contribution in [0.4, 0.5) is 4.79 Å². The molecule has 96 valence electrons. The third kappa shape index (κ3) is 2.77. The van der Waals surface area contributed by atoms with Gasteiger partial charge in [0.1, 0.15) is 11.8 Å². The number of ether oxygens (including phenoxy) is 1. The number of hydrogen-bond acceptors (Lipinski definition) is 5. The summed E-state index contributed by atoms with van der Waals surface area (Å²) in [5.74, 6) is 0.178. The number of amides is 2. The summed E-state index contributed by atoms with van der Waals surface area (Å²) in [7, 11) is 1.44. The Bertz CT molecular complexity index is 604. The second-order valence-electron chi connectivity index (χ2n) is 3.73. The van der Waals surface area contributed by atoms with Gasteiger partial charge in [-0.1, -0.05) is 18.2 Å². The van der Waals surface area contributed by atoms with Crippen LogP contribution < -0.4 is 4.74 Å². The summed E-state index contributed by atoms with van der Waals surface area (Å²) < 4.78 is 5.26. The van der Waals surface area contributed by atoms with Gasteiger partial charge in [-0.25, -0.2) is 0 Å². The van der Waals surface area contributed by atoms with E-state index in [1.165, 1.54) is 7.05 Å². The SMILES string of the molecule is CN1C(=O)S/C(=C\c2ccccc2OCC#N)C1=O. The highest BCUT2D eigenvalue weighted by Gasteiger charge is 2.31. The maximum Gasteiger partial charge on any atom is 0.293 e. The van der Waals surface area contributed by atoms with Gasteiger partial charge >= 0.3 is 0 Å². The summed E-state index contributed by atoms with van der Waals surface area (Å²) >= 11 is 0.887. The third-order valence-corrected chi connectivity index (χ3v) is 3.45. The van der Waals surface area contributed by atoms with Gasteiger partial charge in [-0.2, -0.15) is 5.26 Å². The van der Waals surface area contributed by atoms with E-state index < -0.39 is 0 Å². The van der Waals surface area contributed by atoms with Crippen LogP contribution in [0.1, 0.15) is 5.56 Å². The van der Waals surface area contributed by atoms with Gasteiger partial charge in [0, 0.05) is 12.6 Å². The first-order valence-electron chi connectivity index (χ1n) is 5.44. The average molecular weight is 274 g/mol. The molecule has 0 saturated carbocycles. The lowest BCUT2D eigenvalue weighted by Gasteiger charge is -2.06. The number of imide groups is 1. The third-order valence-electron chi connectivity index (χ3n) is 2.48. The first kappa shape index (κ1) is 13.2. The molecule has 2 rings (SSSR count). The van der Waals surface area contributed by atoms with E-state index >= 15 is 0 Å². The summed E-state index contributed by atoms with van der Waals surface area (Å²) in [4.78, 5) is 24.6. The van der Waals surface area contributed by atoms with Crippen LogP contribution in [0.2, 0.25) is 0 Å². The minimum absolute atomic E-state index is 0.0693. The van der Waals surface area contributed by atoms with Crippen molar-refractivity contribution in [1.82, 2.24) is 4.90 Å². The second-order valence-corrected chi connectivity index (χ2v) is 4.72. The molecule has 1 saturated heterocycles. The molecule has 0 aliphatic carbocycles. The van der Waals surface area contributed by atoms with E-state index in [0.29, 0.717) is 16.2 Å². The highest BCUT2D eigenvalue weighted by atomic mass is 32.2. The zero-order chi connectivity index (χ0) is 13.8. The highest BCUT2D eigenvalue weighted by molar-refractivity contribution is 8.18. The molecule has 0 bridgehead atoms. The van der Waals surface area contributed by atoms with E-state index in [1.807, 2.05) is 6.07 Å². The first-order valence-corrected chi connectivity index (χ1v) is 6.25. The lowest BCUT2D eigenvalue weighted by Crippen LogP contribution is -2.22. The zero-order valence-corrected chi connectivity index (χ0v) is 10.9. The molecule has 0 atom stereocenters. The molecule has 1 aromatic carbocycles.